The zero-order chi connectivity index (χ0) is 17.1. The Balaban J connectivity index is 1.58. The molecule has 0 bridgehead atoms. The molecule has 2 heterocycles. The molecule has 0 atom stereocenters. The Morgan fingerprint density at radius 2 is 2.00 bits per heavy atom. The molecule has 1 aliphatic heterocycles. The van der Waals surface area contributed by atoms with Crippen molar-refractivity contribution in [2.45, 2.75) is 26.9 Å². The number of rotatable bonds is 4. The lowest BCUT2D eigenvalue weighted by molar-refractivity contribution is 0.0627. The van der Waals surface area contributed by atoms with Gasteiger partial charge >= 0.3 is 0 Å². The summed E-state index contributed by atoms with van der Waals surface area (Å²) in [5.41, 5.74) is 2.88. The summed E-state index contributed by atoms with van der Waals surface area (Å²) in [6.45, 7) is 8.88. The lowest BCUT2D eigenvalue weighted by atomic mass is 10.1. The molecule has 1 saturated heterocycles. The van der Waals surface area contributed by atoms with Crippen molar-refractivity contribution in [1.29, 1.82) is 0 Å². The number of aryl methyl sites for hydroxylation is 1. The van der Waals surface area contributed by atoms with Gasteiger partial charge in [0.05, 0.1) is 11.8 Å². The number of hydrogen-bond donors (Lipinski definition) is 0. The Hall–Kier alpha value is -1.85. The number of halogens is 1. The molecule has 3 rings (SSSR count). The summed E-state index contributed by atoms with van der Waals surface area (Å²) in [5.74, 6) is 0.0922. The van der Waals surface area contributed by atoms with Gasteiger partial charge in [-0.1, -0.05) is 23.7 Å². The average Bonchev–Trinajstić information content (AvgIpc) is 2.95. The summed E-state index contributed by atoms with van der Waals surface area (Å²) in [7, 11) is 0. The fourth-order valence-electron chi connectivity index (χ4n) is 3.15. The Bertz CT molecular complexity index is 720. The molecule has 0 radical (unpaired) electrons. The molecule has 6 heteroatoms. The van der Waals surface area contributed by atoms with Crippen LogP contribution in [0.2, 0.25) is 5.02 Å². The molecule has 24 heavy (non-hydrogen) atoms. The highest BCUT2D eigenvalue weighted by atomic mass is 35.5. The quantitative estimate of drug-likeness (QED) is 0.854. The summed E-state index contributed by atoms with van der Waals surface area (Å²) in [4.78, 5) is 17.0. The molecule has 0 aliphatic carbocycles. The summed E-state index contributed by atoms with van der Waals surface area (Å²) >= 11 is 6.04. The van der Waals surface area contributed by atoms with Crippen molar-refractivity contribution in [1.82, 2.24) is 19.6 Å². The maximum atomic E-state index is 12.7. The van der Waals surface area contributed by atoms with E-state index in [1.807, 2.05) is 41.6 Å². The minimum atomic E-state index is 0.0922. The van der Waals surface area contributed by atoms with E-state index < -0.39 is 0 Å². The van der Waals surface area contributed by atoms with Gasteiger partial charge < -0.3 is 4.90 Å². The molecule has 128 valence electrons. The van der Waals surface area contributed by atoms with Gasteiger partial charge in [0.1, 0.15) is 0 Å². The molecule has 0 saturated carbocycles. The maximum absolute atomic E-state index is 12.7. The molecule has 0 spiro atoms. The first kappa shape index (κ1) is 17.0. The molecule has 1 aliphatic rings. The van der Waals surface area contributed by atoms with E-state index >= 15 is 0 Å². The maximum Gasteiger partial charge on any atom is 0.257 e. The van der Waals surface area contributed by atoms with Gasteiger partial charge in [0, 0.05) is 50.0 Å². The van der Waals surface area contributed by atoms with Gasteiger partial charge in [-0.15, -0.1) is 0 Å². The number of piperazine rings is 1. The van der Waals surface area contributed by atoms with E-state index in [-0.39, 0.29) is 5.91 Å². The molecule has 1 aromatic heterocycles. The van der Waals surface area contributed by atoms with Crippen LogP contribution in [-0.4, -0.2) is 51.7 Å². The third-order valence-electron chi connectivity index (χ3n) is 4.59. The monoisotopic (exact) mass is 346 g/mol. The first-order valence-electron chi connectivity index (χ1n) is 8.37. The fraction of sp³-hybridized carbons (Fsp3) is 0.444. The topological polar surface area (TPSA) is 41.4 Å². The van der Waals surface area contributed by atoms with E-state index in [1.54, 1.807) is 6.20 Å². The van der Waals surface area contributed by atoms with Crippen molar-refractivity contribution in [2.75, 3.05) is 26.2 Å². The predicted octanol–water partition coefficient (Wildman–Crippen LogP) is 2.82. The van der Waals surface area contributed by atoms with Crippen molar-refractivity contribution >= 4 is 17.5 Å². The molecule has 0 unspecified atom stereocenters. The second-order valence-electron chi connectivity index (χ2n) is 6.16. The number of carbonyl (C=O) groups is 1. The predicted molar refractivity (Wildman–Crippen MR) is 95.3 cm³/mol. The highest BCUT2D eigenvalue weighted by molar-refractivity contribution is 6.30. The number of nitrogens with zero attached hydrogens (tertiary/aromatic N) is 4. The Kier molecular flexibility index (Phi) is 5.21. The minimum Gasteiger partial charge on any atom is -0.336 e. The van der Waals surface area contributed by atoms with Crippen LogP contribution in [0.4, 0.5) is 0 Å². The molecule has 5 nitrogen and oxygen atoms in total. The van der Waals surface area contributed by atoms with Gasteiger partial charge in [0.2, 0.25) is 0 Å². The lowest BCUT2D eigenvalue weighted by Crippen LogP contribution is -2.48. The summed E-state index contributed by atoms with van der Waals surface area (Å²) in [5, 5.41) is 5.04. The van der Waals surface area contributed by atoms with Crippen molar-refractivity contribution < 1.29 is 4.79 Å². The SMILES string of the molecule is CCn1ncc(C(=O)N2CCN(Cc3cccc(Cl)c3)CC2)c1C. The van der Waals surface area contributed by atoms with Crippen LogP contribution in [0.5, 0.6) is 0 Å². The van der Waals surface area contributed by atoms with E-state index in [0.29, 0.717) is 0 Å². The molecule has 1 aromatic carbocycles. The van der Waals surface area contributed by atoms with E-state index in [9.17, 15) is 4.79 Å². The van der Waals surface area contributed by atoms with Gasteiger partial charge in [-0.3, -0.25) is 14.4 Å². The Morgan fingerprint density at radius 1 is 1.25 bits per heavy atom. The first-order chi connectivity index (χ1) is 11.6. The second-order valence-corrected chi connectivity index (χ2v) is 6.59. The molecule has 1 amide bonds. The third-order valence-corrected chi connectivity index (χ3v) is 4.82. The number of carbonyl (C=O) groups excluding carboxylic acids is 1. The van der Waals surface area contributed by atoms with E-state index in [0.717, 1.165) is 55.5 Å². The molecule has 1 fully saturated rings. The van der Waals surface area contributed by atoms with Crippen LogP contribution in [0.1, 0.15) is 28.5 Å². The zero-order valence-electron chi connectivity index (χ0n) is 14.2. The summed E-state index contributed by atoms with van der Waals surface area (Å²) in [6, 6.07) is 7.96. The van der Waals surface area contributed by atoms with Gasteiger partial charge in [-0.05, 0) is 31.5 Å². The van der Waals surface area contributed by atoms with E-state index in [4.69, 9.17) is 11.6 Å². The van der Waals surface area contributed by atoms with Crippen LogP contribution in [-0.2, 0) is 13.1 Å². The molecule has 2 aromatic rings. The standard InChI is InChI=1S/C18H23ClN4O/c1-3-23-14(2)17(12-20-23)18(24)22-9-7-21(8-10-22)13-15-5-4-6-16(19)11-15/h4-6,11-12H,3,7-10,13H2,1-2H3. The van der Waals surface area contributed by atoms with Gasteiger partial charge in [0.25, 0.3) is 5.91 Å². The zero-order valence-corrected chi connectivity index (χ0v) is 15.0. The number of benzene rings is 1. The van der Waals surface area contributed by atoms with E-state index in [1.165, 1.54) is 5.56 Å². The van der Waals surface area contributed by atoms with Gasteiger partial charge in [0.15, 0.2) is 0 Å². The Labute approximate surface area is 147 Å². The minimum absolute atomic E-state index is 0.0922. The second kappa shape index (κ2) is 7.36. The van der Waals surface area contributed by atoms with Crippen molar-refractivity contribution in [2.24, 2.45) is 0 Å². The largest absolute Gasteiger partial charge is 0.336 e. The van der Waals surface area contributed by atoms with Crippen LogP contribution in [0.3, 0.4) is 0 Å². The third kappa shape index (κ3) is 3.62. The normalized spacial score (nSPS) is 15.7. The smallest absolute Gasteiger partial charge is 0.257 e. The molecular weight excluding hydrogens is 324 g/mol. The Morgan fingerprint density at radius 3 is 2.62 bits per heavy atom. The van der Waals surface area contributed by atoms with Crippen molar-refractivity contribution in [3.05, 3.63) is 52.3 Å². The van der Waals surface area contributed by atoms with Crippen LogP contribution >= 0.6 is 11.6 Å². The molecular formula is C18H23ClN4O. The van der Waals surface area contributed by atoms with E-state index in [2.05, 4.69) is 16.1 Å². The first-order valence-corrected chi connectivity index (χ1v) is 8.74. The van der Waals surface area contributed by atoms with Crippen molar-refractivity contribution in [3.63, 3.8) is 0 Å². The number of aromatic nitrogens is 2. The van der Waals surface area contributed by atoms with Crippen LogP contribution < -0.4 is 0 Å². The van der Waals surface area contributed by atoms with Crippen LogP contribution in [0.25, 0.3) is 0 Å². The summed E-state index contributed by atoms with van der Waals surface area (Å²) < 4.78 is 1.86. The summed E-state index contributed by atoms with van der Waals surface area (Å²) in [6.07, 6.45) is 1.69. The number of amides is 1. The van der Waals surface area contributed by atoms with Crippen LogP contribution in [0, 0.1) is 6.92 Å². The highest BCUT2D eigenvalue weighted by Gasteiger charge is 2.24. The van der Waals surface area contributed by atoms with Crippen LogP contribution in [0.15, 0.2) is 30.5 Å². The number of hydrogen-bond acceptors (Lipinski definition) is 3. The fourth-order valence-corrected chi connectivity index (χ4v) is 3.36. The highest BCUT2D eigenvalue weighted by Crippen LogP contribution is 2.16. The lowest BCUT2D eigenvalue weighted by Gasteiger charge is -2.34. The van der Waals surface area contributed by atoms with Gasteiger partial charge in [-0.25, -0.2) is 0 Å². The molecule has 0 N–H and O–H groups in total. The average molecular weight is 347 g/mol. The van der Waals surface area contributed by atoms with Gasteiger partial charge in [-0.2, -0.15) is 5.10 Å². The van der Waals surface area contributed by atoms with Crippen molar-refractivity contribution in [3.8, 4) is 0 Å².